The van der Waals surface area contributed by atoms with Crippen LogP contribution in [0.2, 0.25) is 5.02 Å². The number of rotatable bonds is 7. The first-order valence-electron chi connectivity index (χ1n) is 8.67. The lowest BCUT2D eigenvalue weighted by atomic mass is 10.1. The second-order valence-electron chi connectivity index (χ2n) is 6.07. The Hall–Kier alpha value is -2.83. The molecule has 3 rings (SSSR count). The van der Waals surface area contributed by atoms with Crippen molar-refractivity contribution in [3.63, 3.8) is 0 Å². The number of halogens is 1. The topological polar surface area (TPSA) is 118 Å². The third-order valence-corrected chi connectivity index (χ3v) is 6.97. The molecule has 1 aromatic heterocycles. The van der Waals surface area contributed by atoms with Gasteiger partial charge in [0, 0.05) is 35.4 Å². The first kappa shape index (κ1) is 22.8. The Labute approximate surface area is 187 Å². The molecule has 0 aliphatic heterocycles. The fraction of sp³-hybridized carbons (Fsp3) is 0.105. The minimum atomic E-state index is -4.03. The molecule has 0 aliphatic rings. The van der Waals surface area contributed by atoms with Gasteiger partial charge in [0.25, 0.3) is 21.8 Å². The summed E-state index contributed by atoms with van der Waals surface area (Å²) in [5.74, 6) is -0.879. The van der Waals surface area contributed by atoms with Gasteiger partial charge in [0.05, 0.1) is 12.1 Å². The number of nitrogens with one attached hydrogen (secondary N) is 2. The molecular formula is C19H17ClN4O5S2. The lowest BCUT2D eigenvalue weighted by Crippen LogP contribution is -2.26. The number of aromatic nitrogens is 1. The highest BCUT2D eigenvalue weighted by atomic mass is 35.5. The summed E-state index contributed by atoms with van der Waals surface area (Å²) in [5, 5.41) is 7.49. The van der Waals surface area contributed by atoms with Gasteiger partial charge in [0.2, 0.25) is 0 Å². The van der Waals surface area contributed by atoms with Crippen LogP contribution in [0.25, 0.3) is 0 Å². The summed E-state index contributed by atoms with van der Waals surface area (Å²) in [6.45, 7) is 0. The van der Waals surface area contributed by atoms with Crippen molar-refractivity contribution in [3.05, 3.63) is 70.2 Å². The Morgan fingerprint density at radius 3 is 2.32 bits per heavy atom. The van der Waals surface area contributed by atoms with Gasteiger partial charge in [-0.2, -0.15) is 0 Å². The molecule has 2 aromatic carbocycles. The molecule has 0 saturated heterocycles. The van der Waals surface area contributed by atoms with E-state index < -0.39 is 15.9 Å². The number of carbonyl (C=O) groups is 2. The highest BCUT2D eigenvalue weighted by molar-refractivity contribution is 7.89. The molecule has 1 heterocycles. The maximum atomic E-state index is 12.6. The van der Waals surface area contributed by atoms with Crippen LogP contribution in [0.1, 0.15) is 20.7 Å². The number of carbonyl (C=O) groups excluding carboxylic acids is 2. The number of amides is 2. The van der Waals surface area contributed by atoms with Crippen molar-refractivity contribution in [2.75, 3.05) is 24.8 Å². The van der Waals surface area contributed by atoms with Crippen LogP contribution >= 0.6 is 22.9 Å². The van der Waals surface area contributed by atoms with Crippen LogP contribution in [-0.4, -0.2) is 43.8 Å². The van der Waals surface area contributed by atoms with Gasteiger partial charge in [-0.05, 0) is 42.5 Å². The van der Waals surface area contributed by atoms with E-state index >= 15 is 0 Å². The zero-order valence-corrected chi connectivity index (χ0v) is 18.7. The Balaban J connectivity index is 1.74. The molecule has 31 heavy (non-hydrogen) atoms. The second-order valence-corrected chi connectivity index (χ2v) is 9.27. The molecule has 3 aromatic rings. The molecule has 0 fully saturated rings. The smallest absolute Gasteiger partial charge is 0.266 e. The highest BCUT2D eigenvalue weighted by Crippen LogP contribution is 2.26. The zero-order chi connectivity index (χ0) is 22.6. The third-order valence-electron chi connectivity index (χ3n) is 4.12. The van der Waals surface area contributed by atoms with E-state index in [2.05, 4.69) is 15.6 Å². The van der Waals surface area contributed by atoms with E-state index in [1.165, 1.54) is 43.7 Å². The van der Waals surface area contributed by atoms with Gasteiger partial charge < -0.3 is 5.32 Å². The lowest BCUT2D eigenvalue weighted by Gasteiger charge is -2.16. The van der Waals surface area contributed by atoms with E-state index in [9.17, 15) is 18.0 Å². The Morgan fingerprint density at radius 2 is 1.71 bits per heavy atom. The van der Waals surface area contributed by atoms with Gasteiger partial charge in [0.1, 0.15) is 4.90 Å². The fourth-order valence-corrected chi connectivity index (χ4v) is 4.44. The number of hydroxylamine groups is 1. The van der Waals surface area contributed by atoms with Crippen molar-refractivity contribution in [2.24, 2.45) is 0 Å². The third kappa shape index (κ3) is 5.27. The Bertz CT molecular complexity index is 1200. The second kappa shape index (κ2) is 9.54. The normalized spacial score (nSPS) is 11.4. The molecule has 0 spiro atoms. The van der Waals surface area contributed by atoms with Crippen LogP contribution in [0.3, 0.4) is 0 Å². The molecule has 162 valence electrons. The van der Waals surface area contributed by atoms with Gasteiger partial charge in [-0.1, -0.05) is 16.1 Å². The molecule has 0 radical (unpaired) electrons. The van der Waals surface area contributed by atoms with E-state index in [0.29, 0.717) is 20.9 Å². The molecule has 0 unspecified atom stereocenters. The molecule has 9 nitrogen and oxygen atoms in total. The predicted molar refractivity (Wildman–Crippen MR) is 118 cm³/mol. The first-order chi connectivity index (χ1) is 14.7. The molecular weight excluding hydrogens is 464 g/mol. The summed E-state index contributed by atoms with van der Waals surface area (Å²) in [5.41, 5.74) is 0.887. The van der Waals surface area contributed by atoms with Gasteiger partial charge in [-0.15, -0.1) is 11.3 Å². The number of sulfonamides is 1. The average molecular weight is 481 g/mol. The Kier molecular flexibility index (Phi) is 7.03. The monoisotopic (exact) mass is 480 g/mol. The predicted octanol–water partition coefficient (Wildman–Crippen LogP) is 3.48. The molecule has 2 amide bonds. The number of anilines is 2. The maximum absolute atomic E-state index is 12.6. The lowest BCUT2D eigenvalue weighted by molar-refractivity contribution is -0.0258. The van der Waals surface area contributed by atoms with E-state index in [4.69, 9.17) is 16.4 Å². The standard InChI is InChI=1S/C19H17ClN4O5S2/c1-24(29-2)31(27,28)16-11-13(5-8-15(16)20)18(26)22-14-6-3-12(4-7-14)17(25)23-19-21-9-10-30-19/h3-11H,1-2H3,(H,22,26)(H,21,23,25). The van der Waals surface area contributed by atoms with Crippen molar-refractivity contribution >= 4 is 55.6 Å². The van der Waals surface area contributed by atoms with Crippen molar-refractivity contribution in [3.8, 4) is 0 Å². The first-order valence-corrected chi connectivity index (χ1v) is 11.4. The average Bonchev–Trinajstić information content (AvgIpc) is 3.26. The summed E-state index contributed by atoms with van der Waals surface area (Å²) < 4.78 is 25.6. The zero-order valence-electron chi connectivity index (χ0n) is 16.3. The molecule has 0 saturated carbocycles. The van der Waals surface area contributed by atoms with E-state index in [-0.39, 0.29) is 21.4 Å². The number of nitrogens with zero attached hydrogens (tertiary/aromatic N) is 2. The molecule has 0 atom stereocenters. The SMILES string of the molecule is CON(C)S(=O)(=O)c1cc(C(=O)Nc2ccc(C(=O)Nc3nccs3)cc2)ccc1Cl. The molecule has 2 N–H and O–H groups in total. The number of benzene rings is 2. The van der Waals surface area contributed by atoms with E-state index in [0.717, 1.165) is 0 Å². The summed E-state index contributed by atoms with van der Waals surface area (Å²) in [7, 11) is -1.62. The van der Waals surface area contributed by atoms with Crippen LogP contribution in [0.5, 0.6) is 0 Å². The van der Waals surface area contributed by atoms with Crippen LogP contribution in [-0.2, 0) is 14.9 Å². The van der Waals surface area contributed by atoms with Crippen molar-refractivity contribution in [1.29, 1.82) is 0 Å². The highest BCUT2D eigenvalue weighted by Gasteiger charge is 2.25. The molecule has 0 bridgehead atoms. The molecule has 12 heteroatoms. The number of thiazole rings is 1. The van der Waals surface area contributed by atoms with E-state index in [1.807, 2.05) is 0 Å². The molecule has 0 aliphatic carbocycles. The van der Waals surface area contributed by atoms with Crippen molar-refractivity contribution < 1.29 is 22.8 Å². The van der Waals surface area contributed by atoms with Crippen LogP contribution in [0.4, 0.5) is 10.8 Å². The fourth-order valence-electron chi connectivity index (χ4n) is 2.44. The van der Waals surface area contributed by atoms with Crippen LogP contribution in [0.15, 0.2) is 58.9 Å². The Morgan fingerprint density at radius 1 is 1.06 bits per heavy atom. The van der Waals surface area contributed by atoms with Crippen molar-refractivity contribution in [2.45, 2.75) is 4.90 Å². The minimum Gasteiger partial charge on any atom is -0.322 e. The largest absolute Gasteiger partial charge is 0.322 e. The van der Waals surface area contributed by atoms with Gasteiger partial charge in [-0.3, -0.25) is 19.7 Å². The van der Waals surface area contributed by atoms with Gasteiger partial charge in [0.15, 0.2) is 5.13 Å². The summed E-state index contributed by atoms with van der Waals surface area (Å²) in [6, 6.07) is 10.1. The van der Waals surface area contributed by atoms with Crippen LogP contribution < -0.4 is 10.6 Å². The number of hydrogen-bond donors (Lipinski definition) is 2. The summed E-state index contributed by atoms with van der Waals surface area (Å²) >= 11 is 7.31. The van der Waals surface area contributed by atoms with Crippen LogP contribution in [0, 0.1) is 0 Å². The van der Waals surface area contributed by atoms with E-state index in [1.54, 1.807) is 35.8 Å². The van der Waals surface area contributed by atoms with Gasteiger partial charge >= 0.3 is 0 Å². The van der Waals surface area contributed by atoms with Gasteiger partial charge in [-0.25, -0.2) is 13.4 Å². The summed E-state index contributed by atoms with van der Waals surface area (Å²) in [6.07, 6.45) is 1.58. The number of hydrogen-bond acceptors (Lipinski definition) is 7. The summed E-state index contributed by atoms with van der Waals surface area (Å²) in [4.78, 5) is 33.2. The minimum absolute atomic E-state index is 0.0453. The van der Waals surface area contributed by atoms with Crippen molar-refractivity contribution in [1.82, 2.24) is 9.45 Å². The quantitative estimate of drug-likeness (QED) is 0.500. The maximum Gasteiger partial charge on any atom is 0.266 e.